The maximum absolute atomic E-state index is 14.3. The fourth-order valence-corrected chi connectivity index (χ4v) is 5.29. The molecule has 0 radical (unpaired) electrons. The molecule has 3 aromatic rings. The first kappa shape index (κ1) is 23.3. The van der Waals surface area contributed by atoms with Crippen LogP contribution in [0.15, 0.2) is 60.8 Å². The van der Waals surface area contributed by atoms with E-state index in [2.05, 4.69) is 4.98 Å². The molecule has 0 N–H and O–H groups in total. The molecule has 2 aliphatic heterocycles. The van der Waals surface area contributed by atoms with E-state index in [0.29, 0.717) is 31.9 Å². The SMILES string of the molecule is COc1ccc(-c2nccc([C@@H]3CCCN3C(=O)C3(c4ccc(OC)cc4)CCOCC3)n2)cc1. The minimum Gasteiger partial charge on any atom is -0.497 e. The third kappa shape index (κ3) is 4.48. The maximum atomic E-state index is 14.3. The van der Waals surface area contributed by atoms with E-state index in [-0.39, 0.29) is 11.9 Å². The third-order valence-corrected chi connectivity index (χ3v) is 7.28. The topological polar surface area (TPSA) is 73.8 Å². The van der Waals surface area contributed by atoms with Crippen molar-refractivity contribution in [1.82, 2.24) is 14.9 Å². The average Bonchev–Trinajstić information content (AvgIpc) is 3.43. The molecule has 0 bridgehead atoms. The van der Waals surface area contributed by atoms with Crippen molar-refractivity contribution in [3.05, 3.63) is 72.1 Å². The summed E-state index contributed by atoms with van der Waals surface area (Å²) in [5.41, 5.74) is 2.23. The van der Waals surface area contributed by atoms with E-state index in [1.807, 2.05) is 59.5 Å². The molecule has 35 heavy (non-hydrogen) atoms. The molecule has 0 saturated carbocycles. The molecule has 0 unspecified atom stereocenters. The molecule has 0 aliphatic carbocycles. The maximum Gasteiger partial charge on any atom is 0.233 e. The van der Waals surface area contributed by atoms with Crippen LogP contribution in [0.1, 0.15) is 43.0 Å². The number of rotatable bonds is 6. The van der Waals surface area contributed by atoms with Crippen molar-refractivity contribution >= 4 is 5.91 Å². The molecule has 0 spiro atoms. The highest BCUT2D eigenvalue weighted by Gasteiger charge is 2.47. The Morgan fingerprint density at radius 2 is 1.63 bits per heavy atom. The predicted octanol–water partition coefficient (Wildman–Crippen LogP) is 4.57. The molecule has 182 valence electrons. The molecule has 3 heterocycles. The summed E-state index contributed by atoms with van der Waals surface area (Å²) in [7, 11) is 3.30. The van der Waals surface area contributed by atoms with Crippen molar-refractivity contribution in [1.29, 1.82) is 0 Å². The summed E-state index contributed by atoms with van der Waals surface area (Å²) in [5, 5.41) is 0. The Balaban J connectivity index is 1.45. The molecular weight excluding hydrogens is 442 g/mol. The monoisotopic (exact) mass is 473 g/mol. The van der Waals surface area contributed by atoms with Gasteiger partial charge < -0.3 is 19.1 Å². The molecule has 7 heteroatoms. The number of hydrogen-bond donors (Lipinski definition) is 0. The number of hydrogen-bond acceptors (Lipinski definition) is 6. The van der Waals surface area contributed by atoms with Crippen LogP contribution in [0, 0.1) is 0 Å². The van der Waals surface area contributed by atoms with Gasteiger partial charge in [0.15, 0.2) is 5.82 Å². The second kappa shape index (κ2) is 10.0. The van der Waals surface area contributed by atoms with E-state index >= 15 is 0 Å². The fraction of sp³-hybridized carbons (Fsp3) is 0.393. The zero-order chi connectivity index (χ0) is 24.3. The molecule has 2 saturated heterocycles. The van der Waals surface area contributed by atoms with Gasteiger partial charge >= 0.3 is 0 Å². The Morgan fingerprint density at radius 3 is 2.29 bits per heavy atom. The molecule has 1 atom stereocenters. The van der Waals surface area contributed by atoms with Crippen molar-refractivity contribution in [3.63, 3.8) is 0 Å². The van der Waals surface area contributed by atoms with Gasteiger partial charge in [-0.05, 0) is 73.7 Å². The summed E-state index contributed by atoms with van der Waals surface area (Å²) in [4.78, 5) is 25.7. The summed E-state index contributed by atoms with van der Waals surface area (Å²) in [6.07, 6.45) is 4.97. The molecule has 2 fully saturated rings. The smallest absolute Gasteiger partial charge is 0.233 e. The average molecular weight is 474 g/mol. The first-order valence-corrected chi connectivity index (χ1v) is 12.2. The predicted molar refractivity (Wildman–Crippen MR) is 132 cm³/mol. The number of methoxy groups -OCH3 is 2. The Kier molecular flexibility index (Phi) is 6.68. The molecule has 2 aromatic carbocycles. The van der Waals surface area contributed by atoms with Crippen molar-refractivity contribution in [2.45, 2.75) is 37.1 Å². The highest BCUT2D eigenvalue weighted by atomic mass is 16.5. The minimum atomic E-state index is -0.598. The Hall–Kier alpha value is -3.45. The van der Waals surface area contributed by atoms with Gasteiger partial charge in [0.25, 0.3) is 0 Å². The van der Waals surface area contributed by atoms with E-state index < -0.39 is 5.41 Å². The Bertz CT molecular complexity index is 1160. The zero-order valence-electron chi connectivity index (χ0n) is 20.3. The number of aromatic nitrogens is 2. The van der Waals surface area contributed by atoms with Gasteiger partial charge in [-0.25, -0.2) is 9.97 Å². The fourth-order valence-electron chi connectivity index (χ4n) is 5.29. The number of benzene rings is 2. The quantitative estimate of drug-likeness (QED) is 0.522. The van der Waals surface area contributed by atoms with Crippen LogP contribution in [0.2, 0.25) is 0 Å². The highest BCUT2D eigenvalue weighted by molar-refractivity contribution is 5.89. The third-order valence-electron chi connectivity index (χ3n) is 7.28. The molecular formula is C28H31N3O4. The van der Waals surface area contributed by atoms with E-state index in [9.17, 15) is 4.79 Å². The Morgan fingerprint density at radius 1 is 0.971 bits per heavy atom. The van der Waals surface area contributed by atoms with E-state index in [1.165, 1.54) is 0 Å². The number of ether oxygens (including phenoxy) is 3. The van der Waals surface area contributed by atoms with Crippen LogP contribution in [0.25, 0.3) is 11.4 Å². The summed E-state index contributed by atoms with van der Waals surface area (Å²) in [6, 6.07) is 17.5. The van der Waals surface area contributed by atoms with Crippen molar-refractivity contribution in [2.24, 2.45) is 0 Å². The lowest BCUT2D eigenvalue weighted by Gasteiger charge is -2.40. The summed E-state index contributed by atoms with van der Waals surface area (Å²) in [6.45, 7) is 1.88. The normalized spacial score (nSPS) is 19.4. The largest absolute Gasteiger partial charge is 0.497 e. The van der Waals surface area contributed by atoms with Crippen LogP contribution in [0.4, 0.5) is 0 Å². The molecule has 1 amide bonds. The van der Waals surface area contributed by atoms with E-state index in [1.54, 1.807) is 20.4 Å². The Labute approximate surface area is 206 Å². The minimum absolute atomic E-state index is 0.0690. The number of likely N-dealkylation sites (tertiary alicyclic amines) is 1. The molecule has 2 aliphatic rings. The zero-order valence-corrected chi connectivity index (χ0v) is 20.3. The number of amides is 1. The van der Waals surface area contributed by atoms with Crippen molar-refractivity contribution in [3.8, 4) is 22.9 Å². The molecule has 1 aromatic heterocycles. The standard InChI is InChI=1S/C28H31N3O4/c1-33-22-9-5-20(6-10-22)26-29-16-13-24(30-26)25-4-3-17-31(25)27(32)28(14-18-35-19-15-28)21-7-11-23(34-2)12-8-21/h5-13,16,25H,3-4,14-15,17-19H2,1-2H3/t25-/m0/s1. The van der Waals surface area contributed by atoms with Gasteiger partial charge in [-0.1, -0.05) is 12.1 Å². The number of carbonyl (C=O) groups excluding carboxylic acids is 1. The van der Waals surface area contributed by atoms with Crippen LogP contribution in [0.3, 0.4) is 0 Å². The summed E-state index contributed by atoms with van der Waals surface area (Å²) >= 11 is 0. The second-order valence-electron chi connectivity index (χ2n) is 9.11. The van der Waals surface area contributed by atoms with Crippen molar-refractivity contribution < 1.29 is 19.0 Å². The van der Waals surface area contributed by atoms with Gasteiger partial charge in [0.05, 0.1) is 31.4 Å². The van der Waals surface area contributed by atoms with Gasteiger partial charge in [0.1, 0.15) is 11.5 Å². The van der Waals surface area contributed by atoms with Crippen molar-refractivity contribution in [2.75, 3.05) is 34.0 Å². The highest BCUT2D eigenvalue weighted by Crippen LogP contribution is 2.42. The van der Waals surface area contributed by atoms with Gasteiger partial charge in [-0.3, -0.25) is 4.79 Å². The lowest BCUT2D eigenvalue weighted by molar-refractivity contribution is -0.142. The molecule has 7 nitrogen and oxygen atoms in total. The van der Waals surface area contributed by atoms with Gasteiger partial charge in [-0.15, -0.1) is 0 Å². The van der Waals surface area contributed by atoms with Crippen LogP contribution < -0.4 is 9.47 Å². The van der Waals surface area contributed by atoms with E-state index in [0.717, 1.165) is 47.7 Å². The number of nitrogens with zero attached hydrogens (tertiary/aromatic N) is 3. The van der Waals surface area contributed by atoms with Gasteiger partial charge in [0, 0.05) is 31.5 Å². The van der Waals surface area contributed by atoms with Crippen LogP contribution in [-0.2, 0) is 14.9 Å². The summed E-state index contributed by atoms with van der Waals surface area (Å²) in [5.74, 6) is 2.39. The van der Waals surface area contributed by atoms with Crippen LogP contribution >= 0.6 is 0 Å². The van der Waals surface area contributed by atoms with Crippen LogP contribution in [0.5, 0.6) is 11.5 Å². The van der Waals surface area contributed by atoms with Gasteiger partial charge in [-0.2, -0.15) is 0 Å². The first-order chi connectivity index (χ1) is 17.1. The summed E-state index contributed by atoms with van der Waals surface area (Å²) < 4.78 is 16.3. The van der Waals surface area contributed by atoms with Crippen LogP contribution in [-0.4, -0.2) is 54.8 Å². The van der Waals surface area contributed by atoms with Gasteiger partial charge in [0.2, 0.25) is 5.91 Å². The lowest BCUT2D eigenvalue weighted by atomic mass is 9.72. The lowest BCUT2D eigenvalue weighted by Crippen LogP contribution is -2.49. The molecule has 5 rings (SSSR count). The number of carbonyl (C=O) groups is 1. The second-order valence-corrected chi connectivity index (χ2v) is 9.11. The first-order valence-electron chi connectivity index (χ1n) is 12.2. The van der Waals surface area contributed by atoms with E-state index in [4.69, 9.17) is 19.2 Å².